The van der Waals surface area contributed by atoms with Gasteiger partial charge in [0.15, 0.2) is 0 Å². The summed E-state index contributed by atoms with van der Waals surface area (Å²) in [5.41, 5.74) is 4.79. The van der Waals surface area contributed by atoms with E-state index < -0.39 is 0 Å². The number of carbonyl (C=O) groups excluding carboxylic acids is 2. The number of likely N-dealkylation sites (tertiary alicyclic amines) is 1. The minimum atomic E-state index is -0.138. The second-order valence-corrected chi connectivity index (χ2v) is 8.65. The quantitative estimate of drug-likeness (QED) is 0.550. The first kappa shape index (κ1) is 21.2. The zero-order valence-electron chi connectivity index (χ0n) is 18.7. The monoisotopic (exact) mass is 441 g/mol. The van der Waals surface area contributed by atoms with E-state index in [1.165, 1.54) is 12.8 Å². The molecule has 0 unspecified atom stereocenters. The van der Waals surface area contributed by atoms with Crippen molar-refractivity contribution < 1.29 is 14.0 Å². The van der Waals surface area contributed by atoms with Crippen molar-refractivity contribution in [1.29, 1.82) is 0 Å². The zero-order chi connectivity index (χ0) is 22.8. The second kappa shape index (κ2) is 9.08. The van der Waals surface area contributed by atoms with Crippen LogP contribution in [-0.2, 0) is 4.79 Å². The Kier molecular flexibility index (Phi) is 5.84. The normalized spacial score (nSPS) is 16.8. The van der Waals surface area contributed by atoms with Gasteiger partial charge in [-0.1, -0.05) is 23.8 Å². The van der Waals surface area contributed by atoms with Gasteiger partial charge in [0.25, 0.3) is 11.8 Å². The van der Waals surface area contributed by atoms with Gasteiger partial charge in [-0.15, -0.1) is 0 Å². The third-order valence-corrected chi connectivity index (χ3v) is 6.19. The highest BCUT2D eigenvalue weighted by Crippen LogP contribution is 2.34. The number of fused-ring (bicyclic) bond motifs is 1. The summed E-state index contributed by atoms with van der Waals surface area (Å²) in [7, 11) is 0. The molecule has 1 fully saturated rings. The lowest BCUT2D eigenvalue weighted by molar-refractivity contribution is -0.110. The van der Waals surface area contributed by atoms with Gasteiger partial charge in [-0.3, -0.25) is 9.59 Å². The maximum atomic E-state index is 12.6. The van der Waals surface area contributed by atoms with Gasteiger partial charge in [0.2, 0.25) is 0 Å². The van der Waals surface area contributed by atoms with Crippen molar-refractivity contribution in [3.63, 3.8) is 0 Å². The minimum Gasteiger partial charge on any atom is -0.457 e. The highest BCUT2D eigenvalue weighted by molar-refractivity contribution is 6.34. The summed E-state index contributed by atoms with van der Waals surface area (Å²) in [4.78, 5) is 27.4. The molecule has 2 amide bonds. The van der Waals surface area contributed by atoms with E-state index in [0.29, 0.717) is 29.2 Å². The van der Waals surface area contributed by atoms with Crippen LogP contribution in [0, 0.1) is 6.92 Å². The van der Waals surface area contributed by atoms with Crippen molar-refractivity contribution in [2.24, 2.45) is 0 Å². The van der Waals surface area contributed by atoms with E-state index in [1.807, 2.05) is 61.5 Å². The highest BCUT2D eigenvalue weighted by atomic mass is 16.3. The molecule has 168 valence electrons. The number of rotatable bonds is 6. The molecule has 6 nitrogen and oxygen atoms in total. The molecule has 1 saturated heterocycles. The molecule has 0 atom stereocenters. The molecule has 2 N–H and O–H groups in total. The number of amides is 2. The molecule has 3 heterocycles. The first-order valence-corrected chi connectivity index (χ1v) is 11.4. The Morgan fingerprint density at radius 1 is 1.12 bits per heavy atom. The van der Waals surface area contributed by atoms with E-state index in [9.17, 15) is 9.59 Å². The molecule has 2 aliphatic rings. The molecule has 0 saturated carbocycles. The number of nitrogens with one attached hydrogen (secondary N) is 2. The summed E-state index contributed by atoms with van der Waals surface area (Å²) in [5, 5.41) is 5.90. The molecule has 6 heteroatoms. The van der Waals surface area contributed by atoms with Gasteiger partial charge >= 0.3 is 0 Å². The fourth-order valence-electron chi connectivity index (χ4n) is 4.42. The Balaban J connectivity index is 1.30. The minimum absolute atomic E-state index is 0.0838. The van der Waals surface area contributed by atoms with Gasteiger partial charge in [-0.2, -0.15) is 0 Å². The van der Waals surface area contributed by atoms with Crippen LogP contribution in [0.2, 0.25) is 0 Å². The molecule has 1 aromatic heterocycles. The summed E-state index contributed by atoms with van der Waals surface area (Å²) in [5.74, 6) is 1.02. The van der Waals surface area contributed by atoms with Crippen molar-refractivity contribution >= 4 is 29.2 Å². The van der Waals surface area contributed by atoms with Gasteiger partial charge in [-0.25, -0.2) is 0 Å². The Hall–Kier alpha value is -3.64. The van der Waals surface area contributed by atoms with Crippen molar-refractivity contribution in [3.05, 3.63) is 77.0 Å². The number of benzene rings is 2. The SMILES string of the molecule is Cc1ccc2c(c1)/C(=C\c1ccc(-c3cccc(C(=O)NCCN4CCCC4)c3)o1)C(=O)N2. The topological polar surface area (TPSA) is 74.6 Å². The Labute approximate surface area is 193 Å². The van der Waals surface area contributed by atoms with Gasteiger partial charge in [0.1, 0.15) is 11.5 Å². The maximum absolute atomic E-state index is 12.6. The van der Waals surface area contributed by atoms with Crippen LogP contribution in [-0.4, -0.2) is 42.9 Å². The van der Waals surface area contributed by atoms with E-state index >= 15 is 0 Å². The van der Waals surface area contributed by atoms with Crippen molar-refractivity contribution in [3.8, 4) is 11.3 Å². The van der Waals surface area contributed by atoms with Crippen LogP contribution >= 0.6 is 0 Å². The lowest BCUT2D eigenvalue weighted by Gasteiger charge is -2.14. The van der Waals surface area contributed by atoms with Crippen LogP contribution in [0.5, 0.6) is 0 Å². The van der Waals surface area contributed by atoms with Crippen LogP contribution < -0.4 is 10.6 Å². The predicted octanol–water partition coefficient (Wildman–Crippen LogP) is 4.57. The fourth-order valence-corrected chi connectivity index (χ4v) is 4.42. The predicted molar refractivity (Wildman–Crippen MR) is 130 cm³/mol. The first-order valence-electron chi connectivity index (χ1n) is 11.4. The second-order valence-electron chi connectivity index (χ2n) is 8.65. The molecule has 33 heavy (non-hydrogen) atoms. The van der Waals surface area contributed by atoms with Gasteiger partial charge in [-0.05, 0) is 75.3 Å². The van der Waals surface area contributed by atoms with Gasteiger partial charge < -0.3 is 20.0 Å². The first-order chi connectivity index (χ1) is 16.1. The molecular formula is C27H27N3O3. The molecule has 2 aromatic carbocycles. The molecule has 0 aliphatic carbocycles. The smallest absolute Gasteiger partial charge is 0.256 e. The summed E-state index contributed by atoms with van der Waals surface area (Å²) in [6.07, 6.45) is 4.25. The van der Waals surface area contributed by atoms with Gasteiger partial charge in [0, 0.05) is 35.5 Å². The number of carbonyl (C=O) groups is 2. The molecule has 3 aromatic rings. The third kappa shape index (κ3) is 4.61. The average molecular weight is 442 g/mol. The standard InChI is InChI=1S/C27H27N3O3/c1-18-7-9-24-22(15-18)23(27(32)29-24)17-21-8-10-25(33-21)19-5-4-6-20(16-19)26(31)28-11-14-30-12-2-3-13-30/h4-10,15-17H,2-3,11-14H2,1H3,(H,28,31)(H,29,32)/b23-17+. The summed E-state index contributed by atoms with van der Waals surface area (Å²) < 4.78 is 6.01. The van der Waals surface area contributed by atoms with E-state index in [0.717, 1.165) is 42.0 Å². The lowest BCUT2D eigenvalue weighted by Crippen LogP contribution is -2.33. The molecule has 0 spiro atoms. The van der Waals surface area contributed by atoms with Crippen LogP contribution in [0.3, 0.4) is 0 Å². The van der Waals surface area contributed by atoms with Crippen molar-refractivity contribution in [2.75, 3.05) is 31.5 Å². The van der Waals surface area contributed by atoms with E-state index in [4.69, 9.17) is 4.42 Å². The molecule has 0 bridgehead atoms. The Morgan fingerprint density at radius 3 is 2.82 bits per heavy atom. The van der Waals surface area contributed by atoms with E-state index in [-0.39, 0.29) is 11.8 Å². The summed E-state index contributed by atoms with van der Waals surface area (Å²) in [6, 6.07) is 17.0. The number of hydrogen-bond donors (Lipinski definition) is 2. The number of nitrogens with zero attached hydrogens (tertiary/aromatic N) is 1. The maximum Gasteiger partial charge on any atom is 0.256 e. The number of hydrogen-bond acceptors (Lipinski definition) is 4. The van der Waals surface area contributed by atoms with Crippen LogP contribution in [0.4, 0.5) is 5.69 Å². The average Bonchev–Trinajstić information content (AvgIpc) is 3.56. The van der Waals surface area contributed by atoms with E-state index in [1.54, 1.807) is 6.08 Å². The molecule has 5 rings (SSSR count). The lowest BCUT2D eigenvalue weighted by atomic mass is 10.0. The summed E-state index contributed by atoms with van der Waals surface area (Å²) >= 11 is 0. The molecular weight excluding hydrogens is 414 g/mol. The highest BCUT2D eigenvalue weighted by Gasteiger charge is 2.24. The Morgan fingerprint density at radius 2 is 1.97 bits per heavy atom. The summed E-state index contributed by atoms with van der Waals surface area (Å²) in [6.45, 7) is 5.77. The third-order valence-electron chi connectivity index (χ3n) is 6.19. The number of anilines is 1. The fraction of sp³-hybridized carbons (Fsp3) is 0.259. The van der Waals surface area contributed by atoms with Crippen molar-refractivity contribution in [1.82, 2.24) is 10.2 Å². The van der Waals surface area contributed by atoms with Crippen LogP contribution in [0.1, 0.15) is 40.1 Å². The van der Waals surface area contributed by atoms with Crippen LogP contribution in [0.25, 0.3) is 23.0 Å². The largest absolute Gasteiger partial charge is 0.457 e. The number of furan rings is 1. The number of aryl methyl sites for hydroxylation is 1. The van der Waals surface area contributed by atoms with Gasteiger partial charge in [0.05, 0.1) is 5.57 Å². The Bertz CT molecular complexity index is 1230. The molecule has 2 aliphatic heterocycles. The molecule has 0 radical (unpaired) electrons. The van der Waals surface area contributed by atoms with E-state index in [2.05, 4.69) is 15.5 Å². The zero-order valence-corrected chi connectivity index (χ0v) is 18.7. The van der Waals surface area contributed by atoms with Crippen LogP contribution in [0.15, 0.2) is 59.0 Å². The van der Waals surface area contributed by atoms with Crippen molar-refractivity contribution in [2.45, 2.75) is 19.8 Å².